The molecule has 0 spiro atoms. The number of aliphatic hydroxyl groups excluding tert-OH is 1. The van der Waals surface area contributed by atoms with Crippen LogP contribution in [0.1, 0.15) is 92.4 Å². The van der Waals surface area contributed by atoms with Crippen LogP contribution in [0.4, 0.5) is 0 Å². The third-order valence-electron chi connectivity index (χ3n) is 9.85. The predicted octanol–water partition coefficient (Wildman–Crippen LogP) is 6.28. The van der Waals surface area contributed by atoms with Gasteiger partial charge in [0.15, 0.2) is 0 Å². The van der Waals surface area contributed by atoms with Gasteiger partial charge in [-0.3, -0.25) is 0 Å². The Bertz CT molecular complexity index is 674. The molecule has 164 valence electrons. The number of hydrogen-bond donors (Lipinski definition) is 2. The summed E-state index contributed by atoms with van der Waals surface area (Å²) in [7, 11) is 0. The molecule has 0 amide bonds. The Balaban J connectivity index is 1.57. The van der Waals surface area contributed by atoms with Crippen LogP contribution in [-0.2, 0) is 0 Å². The second-order valence-corrected chi connectivity index (χ2v) is 12.1. The summed E-state index contributed by atoms with van der Waals surface area (Å²) in [5.41, 5.74) is 1.42. The highest BCUT2D eigenvalue weighted by Crippen LogP contribution is 2.67. The van der Waals surface area contributed by atoms with Crippen molar-refractivity contribution in [3.05, 3.63) is 23.8 Å². The fourth-order valence-electron chi connectivity index (χ4n) is 8.30. The van der Waals surface area contributed by atoms with Crippen LogP contribution in [0.25, 0.3) is 0 Å². The van der Waals surface area contributed by atoms with Gasteiger partial charge < -0.3 is 10.2 Å². The molecular weight excluding hydrogens is 356 g/mol. The Morgan fingerprint density at radius 2 is 1.90 bits per heavy atom. The Kier molecular flexibility index (Phi) is 5.61. The van der Waals surface area contributed by atoms with Gasteiger partial charge in [-0.15, -0.1) is 0 Å². The monoisotopic (exact) mass is 400 g/mol. The summed E-state index contributed by atoms with van der Waals surface area (Å²) in [5.74, 6) is 3.28. The number of hydrogen-bond acceptors (Lipinski definition) is 2. The zero-order chi connectivity index (χ0) is 21.0. The molecule has 2 nitrogen and oxygen atoms in total. The molecule has 0 heterocycles. The van der Waals surface area contributed by atoms with Crippen LogP contribution in [0.5, 0.6) is 0 Å². The first-order valence-electron chi connectivity index (χ1n) is 12.4. The molecule has 2 N–H and O–H groups in total. The molecule has 4 unspecified atom stereocenters. The first kappa shape index (κ1) is 21.6. The normalized spacial score (nSPS) is 46.8. The van der Waals surface area contributed by atoms with E-state index in [0.29, 0.717) is 17.3 Å². The van der Waals surface area contributed by atoms with Crippen LogP contribution in [-0.4, -0.2) is 21.9 Å². The van der Waals surface area contributed by atoms with E-state index in [-0.39, 0.29) is 11.5 Å². The van der Waals surface area contributed by atoms with Crippen molar-refractivity contribution >= 4 is 0 Å². The molecule has 2 heteroatoms. The maximum absolute atomic E-state index is 11.5. The maximum Gasteiger partial charge on any atom is 0.0832 e. The molecule has 0 aromatic carbocycles. The Morgan fingerprint density at radius 3 is 2.62 bits per heavy atom. The Labute approximate surface area is 178 Å². The van der Waals surface area contributed by atoms with E-state index in [1.54, 1.807) is 5.57 Å². The number of allylic oxidation sites excluding steroid dienone is 2. The lowest BCUT2D eigenvalue weighted by Crippen LogP contribution is -2.52. The second-order valence-electron chi connectivity index (χ2n) is 12.1. The zero-order valence-electron chi connectivity index (χ0n) is 19.5. The van der Waals surface area contributed by atoms with Crippen molar-refractivity contribution in [2.75, 3.05) is 0 Å². The van der Waals surface area contributed by atoms with Crippen LogP contribution in [0, 0.1) is 40.4 Å². The molecule has 3 saturated carbocycles. The Hall–Kier alpha value is -0.600. The fourth-order valence-corrected chi connectivity index (χ4v) is 8.30. The van der Waals surface area contributed by atoms with E-state index in [1.165, 1.54) is 25.7 Å². The van der Waals surface area contributed by atoms with Crippen molar-refractivity contribution in [3.63, 3.8) is 0 Å². The molecule has 0 radical (unpaired) electrons. The van der Waals surface area contributed by atoms with Gasteiger partial charge in [0.05, 0.1) is 11.7 Å². The lowest BCUT2D eigenvalue weighted by Gasteiger charge is -2.58. The number of fused-ring (bicyclic) bond motifs is 5. The summed E-state index contributed by atoms with van der Waals surface area (Å²) in [6.45, 7) is 11.5. The largest absolute Gasteiger partial charge is 0.393 e. The molecule has 0 bridgehead atoms. The minimum Gasteiger partial charge on any atom is -0.393 e. The SMILES string of the molecule is CC(C)C/C=C/[C@](C)(O)C1CCC2C3CC=C4C[C@@H](O)CC[C@]4(C)C3CC[C@@]21C. The minimum absolute atomic E-state index is 0.122. The van der Waals surface area contributed by atoms with E-state index >= 15 is 0 Å². The van der Waals surface area contributed by atoms with Gasteiger partial charge in [-0.1, -0.05) is 51.5 Å². The van der Waals surface area contributed by atoms with Crippen LogP contribution < -0.4 is 0 Å². The van der Waals surface area contributed by atoms with Gasteiger partial charge in [0, 0.05) is 0 Å². The fraction of sp³-hybridized carbons (Fsp3) is 0.852. The smallest absolute Gasteiger partial charge is 0.0832 e. The predicted molar refractivity (Wildman–Crippen MR) is 120 cm³/mol. The summed E-state index contributed by atoms with van der Waals surface area (Å²) in [5, 5.41) is 21.7. The molecule has 8 atom stereocenters. The average molecular weight is 401 g/mol. The highest BCUT2D eigenvalue weighted by atomic mass is 16.3. The van der Waals surface area contributed by atoms with Crippen molar-refractivity contribution in [2.45, 2.75) is 104 Å². The van der Waals surface area contributed by atoms with E-state index in [1.807, 2.05) is 0 Å². The van der Waals surface area contributed by atoms with Crippen LogP contribution >= 0.6 is 0 Å². The third-order valence-corrected chi connectivity index (χ3v) is 9.85. The lowest BCUT2D eigenvalue weighted by atomic mass is 9.47. The molecule has 29 heavy (non-hydrogen) atoms. The molecule has 0 aliphatic heterocycles. The maximum atomic E-state index is 11.5. The van der Waals surface area contributed by atoms with Crippen LogP contribution in [0.15, 0.2) is 23.8 Å². The molecule has 4 aliphatic rings. The van der Waals surface area contributed by atoms with Crippen LogP contribution in [0.2, 0.25) is 0 Å². The summed E-state index contributed by atoms with van der Waals surface area (Å²) in [6.07, 6.45) is 17.0. The first-order chi connectivity index (χ1) is 13.6. The molecule has 3 fully saturated rings. The molecule has 4 aliphatic carbocycles. The highest BCUT2D eigenvalue weighted by molar-refractivity contribution is 5.26. The topological polar surface area (TPSA) is 40.5 Å². The van der Waals surface area contributed by atoms with Crippen molar-refractivity contribution in [3.8, 4) is 0 Å². The van der Waals surface area contributed by atoms with Crippen LogP contribution in [0.3, 0.4) is 0 Å². The average Bonchev–Trinajstić information content (AvgIpc) is 3.00. The van der Waals surface area contributed by atoms with Crippen molar-refractivity contribution in [2.24, 2.45) is 40.4 Å². The van der Waals surface area contributed by atoms with E-state index in [4.69, 9.17) is 0 Å². The zero-order valence-corrected chi connectivity index (χ0v) is 19.5. The van der Waals surface area contributed by atoms with Crippen molar-refractivity contribution in [1.29, 1.82) is 0 Å². The van der Waals surface area contributed by atoms with Crippen molar-refractivity contribution < 1.29 is 10.2 Å². The summed E-state index contributed by atoms with van der Waals surface area (Å²) < 4.78 is 0. The van der Waals surface area contributed by atoms with E-state index < -0.39 is 5.60 Å². The molecular formula is C27H44O2. The third kappa shape index (κ3) is 3.57. The number of aliphatic hydroxyl groups is 2. The van der Waals surface area contributed by atoms with Gasteiger partial charge in [0.1, 0.15) is 0 Å². The summed E-state index contributed by atoms with van der Waals surface area (Å²) in [4.78, 5) is 0. The first-order valence-corrected chi connectivity index (χ1v) is 12.4. The second kappa shape index (κ2) is 7.52. The van der Waals surface area contributed by atoms with Gasteiger partial charge in [-0.25, -0.2) is 0 Å². The van der Waals surface area contributed by atoms with E-state index in [9.17, 15) is 10.2 Å². The number of rotatable bonds is 4. The Morgan fingerprint density at radius 1 is 1.14 bits per heavy atom. The van der Waals surface area contributed by atoms with Gasteiger partial charge in [0.25, 0.3) is 0 Å². The van der Waals surface area contributed by atoms with Gasteiger partial charge >= 0.3 is 0 Å². The van der Waals surface area contributed by atoms with Crippen molar-refractivity contribution in [1.82, 2.24) is 0 Å². The molecule has 0 aromatic heterocycles. The summed E-state index contributed by atoms with van der Waals surface area (Å²) in [6, 6.07) is 0. The van der Waals surface area contributed by atoms with Gasteiger partial charge in [-0.2, -0.15) is 0 Å². The highest BCUT2D eigenvalue weighted by Gasteiger charge is 2.60. The van der Waals surface area contributed by atoms with E-state index in [0.717, 1.165) is 49.9 Å². The van der Waals surface area contributed by atoms with Gasteiger partial charge in [-0.05, 0) is 105 Å². The molecule has 0 saturated heterocycles. The quantitative estimate of drug-likeness (QED) is 0.545. The standard InChI is InChI=1S/C27H44O2/c1-18(2)7-6-14-27(5,29)24-11-10-22-21-9-8-19-17-20(28)12-15-25(19,3)23(21)13-16-26(22,24)4/h6,8,14,18,20-24,28-29H,7,9-13,15-17H2,1-5H3/b14-6+/t20-,21?,22?,23?,24?,25-,26-,27-/m0/s1. The molecule has 4 rings (SSSR count). The van der Waals surface area contributed by atoms with Gasteiger partial charge in [0.2, 0.25) is 0 Å². The summed E-state index contributed by atoms with van der Waals surface area (Å²) >= 11 is 0. The van der Waals surface area contributed by atoms with E-state index in [2.05, 4.69) is 52.8 Å². The molecule has 0 aromatic rings. The lowest BCUT2D eigenvalue weighted by molar-refractivity contribution is -0.0854. The minimum atomic E-state index is -0.695.